The zero-order valence-corrected chi connectivity index (χ0v) is 20.4. The van der Waals surface area contributed by atoms with Crippen LogP contribution in [-0.4, -0.2) is 27.8 Å². The summed E-state index contributed by atoms with van der Waals surface area (Å²) in [7, 11) is 0. The van der Waals surface area contributed by atoms with Crippen LogP contribution >= 0.6 is 23.1 Å². The molecule has 1 amide bonds. The lowest BCUT2D eigenvalue weighted by molar-refractivity contribution is -0.116. The van der Waals surface area contributed by atoms with E-state index in [4.69, 9.17) is 4.98 Å². The van der Waals surface area contributed by atoms with Crippen LogP contribution in [0.25, 0.3) is 26.3 Å². The van der Waals surface area contributed by atoms with Crippen LogP contribution in [-0.2, 0) is 11.2 Å². The largest absolute Gasteiger partial charge is 0.311 e. The smallest absolute Gasteiger partial charge is 0.267 e. The van der Waals surface area contributed by atoms with Crippen LogP contribution in [0, 0.1) is 0 Å². The zero-order chi connectivity index (χ0) is 23.8. The minimum atomic E-state index is -0.124. The summed E-state index contributed by atoms with van der Waals surface area (Å²) in [5.41, 5.74) is 3.84. The Morgan fingerprint density at radius 3 is 2.46 bits per heavy atom. The number of benzene rings is 3. The van der Waals surface area contributed by atoms with Crippen molar-refractivity contribution in [3.63, 3.8) is 0 Å². The third kappa shape index (κ3) is 4.07. The Morgan fingerprint density at radius 1 is 0.943 bits per heavy atom. The number of para-hydroxylation sites is 2. The topological polar surface area (TPSA) is 55.2 Å². The van der Waals surface area contributed by atoms with Crippen LogP contribution in [0.3, 0.4) is 0 Å². The summed E-state index contributed by atoms with van der Waals surface area (Å²) < 4.78 is 1.62. The molecule has 0 radical (unpaired) electrons. The van der Waals surface area contributed by atoms with Gasteiger partial charge < -0.3 is 4.90 Å². The van der Waals surface area contributed by atoms with Gasteiger partial charge in [0.2, 0.25) is 5.91 Å². The summed E-state index contributed by atoms with van der Waals surface area (Å²) in [4.78, 5) is 35.2. The number of fused-ring (bicyclic) bond motifs is 2. The van der Waals surface area contributed by atoms with Gasteiger partial charge in [0, 0.05) is 17.1 Å². The fourth-order valence-electron chi connectivity index (χ4n) is 4.41. The first-order valence-corrected chi connectivity index (χ1v) is 13.2. The van der Waals surface area contributed by atoms with E-state index in [0.29, 0.717) is 21.9 Å². The van der Waals surface area contributed by atoms with Gasteiger partial charge in [0.1, 0.15) is 4.83 Å². The number of carbonyl (C=O) groups is 1. The van der Waals surface area contributed by atoms with Crippen LogP contribution in [0.5, 0.6) is 0 Å². The van der Waals surface area contributed by atoms with E-state index in [9.17, 15) is 9.59 Å². The Kier molecular flexibility index (Phi) is 5.72. The molecule has 3 heterocycles. The fraction of sp³-hybridized carbons (Fsp3) is 0.107. The highest BCUT2D eigenvalue weighted by molar-refractivity contribution is 7.99. The number of amides is 1. The molecular formula is C28H21N3O2S2. The number of nitrogens with zero attached hydrogens (tertiary/aromatic N) is 3. The van der Waals surface area contributed by atoms with Crippen LogP contribution in [0.4, 0.5) is 5.69 Å². The monoisotopic (exact) mass is 495 g/mol. The van der Waals surface area contributed by atoms with Crippen molar-refractivity contribution in [1.29, 1.82) is 0 Å². The van der Waals surface area contributed by atoms with Gasteiger partial charge in [-0.1, -0.05) is 78.5 Å². The standard InChI is InChI=1S/C28H21N3O2S2/c32-25(30-16-15-19-9-7-8-14-23(19)30)18-34-28-29-26-22(17-24(35-26)20-10-3-1-4-11-20)27(33)31(28)21-12-5-2-6-13-21/h1-14,17H,15-16,18H2. The van der Waals surface area contributed by atoms with E-state index in [-0.39, 0.29) is 17.2 Å². The van der Waals surface area contributed by atoms with E-state index < -0.39 is 0 Å². The molecule has 0 N–H and O–H groups in total. The number of anilines is 1. The van der Waals surface area contributed by atoms with Crippen molar-refractivity contribution in [3.8, 4) is 16.1 Å². The maximum Gasteiger partial charge on any atom is 0.267 e. The van der Waals surface area contributed by atoms with Crippen LogP contribution in [0.2, 0.25) is 0 Å². The highest BCUT2D eigenvalue weighted by Crippen LogP contribution is 2.33. The minimum Gasteiger partial charge on any atom is -0.311 e. The first-order chi connectivity index (χ1) is 17.2. The molecule has 0 saturated carbocycles. The van der Waals surface area contributed by atoms with Crippen LogP contribution in [0.1, 0.15) is 5.56 Å². The Hall–Kier alpha value is -3.68. The van der Waals surface area contributed by atoms with Gasteiger partial charge >= 0.3 is 0 Å². The summed E-state index contributed by atoms with van der Waals surface area (Å²) >= 11 is 2.81. The van der Waals surface area contributed by atoms with E-state index >= 15 is 0 Å². The third-order valence-electron chi connectivity index (χ3n) is 6.12. The molecule has 35 heavy (non-hydrogen) atoms. The Morgan fingerprint density at radius 2 is 1.66 bits per heavy atom. The van der Waals surface area contributed by atoms with Gasteiger partial charge in [-0.05, 0) is 41.8 Å². The van der Waals surface area contributed by atoms with Crippen LogP contribution < -0.4 is 10.5 Å². The summed E-state index contributed by atoms with van der Waals surface area (Å²) in [6.45, 7) is 0.683. The summed E-state index contributed by atoms with van der Waals surface area (Å²) in [5.74, 6) is 0.223. The van der Waals surface area contributed by atoms with E-state index in [1.165, 1.54) is 28.7 Å². The highest BCUT2D eigenvalue weighted by atomic mass is 32.2. The molecule has 2 aromatic heterocycles. The average molecular weight is 496 g/mol. The normalized spacial score (nSPS) is 12.7. The fourth-order valence-corrected chi connectivity index (χ4v) is 6.38. The van der Waals surface area contributed by atoms with Gasteiger partial charge in [-0.25, -0.2) is 4.98 Å². The SMILES string of the molecule is O=C(CSc1nc2sc(-c3ccccc3)cc2c(=O)n1-c1ccccc1)N1CCc2ccccc21. The van der Waals surface area contributed by atoms with Gasteiger partial charge in [0.25, 0.3) is 5.56 Å². The Balaban J connectivity index is 1.38. The molecule has 0 saturated heterocycles. The molecule has 0 bridgehead atoms. The van der Waals surface area contributed by atoms with E-state index in [1.54, 1.807) is 4.57 Å². The summed E-state index contributed by atoms with van der Waals surface area (Å²) in [6.07, 6.45) is 0.864. The summed E-state index contributed by atoms with van der Waals surface area (Å²) in [6, 6.07) is 29.4. The molecule has 0 aliphatic carbocycles. The number of hydrogen-bond acceptors (Lipinski definition) is 5. The molecule has 3 aromatic carbocycles. The van der Waals surface area contributed by atoms with Crippen molar-refractivity contribution in [2.24, 2.45) is 0 Å². The first-order valence-electron chi connectivity index (χ1n) is 11.4. The second kappa shape index (κ2) is 9.17. The lowest BCUT2D eigenvalue weighted by Gasteiger charge is -2.17. The predicted molar refractivity (Wildman–Crippen MR) is 144 cm³/mol. The quantitative estimate of drug-likeness (QED) is 0.229. The second-order valence-corrected chi connectivity index (χ2v) is 10.3. The molecule has 5 aromatic rings. The van der Waals surface area contributed by atoms with Crippen molar-refractivity contribution in [1.82, 2.24) is 9.55 Å². The van der Waals surface area contributed by atoms with Crippen LogP contribution in [0.15, 0.2) is 101 Å². The molecule has 1 aliphatic heterocycles. The minimum absolute atomic E-state index is 0.0186. The number of aromatic nitrogens is 2. The maximum absolute atomic E-state index is 13.7. The number of hydrogen-bond donors (Lipinski definition) is 0. The maximum atomic E-state index is 13.7. The zero-order valence-electron chi connectivity index (χ0n) is 18.8. The molecule has 0 atom stereocenters. The van der Waals surface area contributed by atoms with Gasteiger partial charge in [-0.3, -0.25) is 14.2 Å². The van der Waals surface area contributed by atoms with Crippen molar-refractivity contribution in [3.05, 3.63) is 107 Å². The number of thioether (sulfide) groups is 1. The lowest BCUT2D eigenvalue weighted by atomic mass is 10.2. The van der Waals surface area contributed by atoms with Crippen molar-refractivity contribution in [2.75, 3.05) is 17.2 Å². The molecular weight excluding hydrogens is 474 g/mol. The second-order valence-electron chi connectivity index (χ2n) is 8.28. The highest BCUT2D eigenvalue weighted by Gasteiger charge is 2.25. The summed E-state index contributed by atoms with van der Waals surface area (Å²) in [5, 5.41) is 1.11. The molecule has 0 spiro atoms. The van der Waals surface area contributed by atoms with Crippen molar-refractivity contribution < 1.29 is 4.79 Å². The number of carbonyl (C=O) groups excluding carboxylic acids is 1. The Labute approximate surface area is 210 Å². The molecule has 6 rings (SSSR count). The molecule has 7 heteroatoms. The van der Waals surface area contributed by atoms with E-state index in [1.807, 2.05) is 89.8 Å². The van der Waals surface area contributed by atoms with Gasteiger partial charge in [0.15, 0.2) is 5.16 Å². The molecule has 1 aliphatic rings. The Bertz CT molecular complexity index is 1590. The molecule has 0 fully saturated rings. The lowest BCUT2D eigenvalue weighted by Crippen LogP contribution is -2.31. The molecule has 0 unspecified atom stereocenters. The number of thiophene rings is 1. The van der Waals surface area contributed by atoms with Crippen molar-refractivity contribution in [2.45, 2.75) is 11.6 Å². The third-order valence-corrected chi connectivity index (χ3v) is 8.12. The van der Waals surface area contributed by atoms with Crippen molar-refractivity contribution >= 4 is 44.9 Å². The predicted octanol–water partition coefficient (Wildman–Crippen LogP) is 5.80. The first kappa shape index (κ1) is 21.8. The van der Waals surface area contributed by atoms with E-state index in [0.717, 1.165) is 28.2 Å². The molecule has 5 nitrogen and oxygen atoms in total. The molecule has 172 valence electrons. The van der Waals surface area contributed by atoms with Gasteiger partial charge in [-0.15, -0.1) is 11.3 Å². The average Bonchev–Trinajstić information content (AvgIpc) is 3.53. The van der Waals surface area contributed by atoms with Gasteiger partial charge in [-0.2, -0.15) is 0 Å². The van der Waals surface area contributed by atoms with Gasteiger partial charge in [0.05, 0.1) is 16.8 Å². The van der Waals surface area contributed by atoms with E-state index in [2.05, 4.69) is 6.07 Å². The number of rotatable bonds is 5.